The molecule has 130 valence electrons. The van der Waals surface area contributed by atoms with Crippen LogP contribution in [0.4, 0.5) is 0 Å². The molecule has 0 aliphatic carbocycles. The van der Waals surface area contributed by atoms with Gasteiger partial charge in [0.25, 0.3) is 0 Å². The molecule has 0 bridgehead atoms. The Morgan fingerprint density at radius 2 is 1.42 bits per heavy atom. The van der Waals surface area contributed by atoms with E-state index in [1.165, 1.54) is 23.6 Å². The van der Waals surface area contributed by atoms with Crippen LogP contribution in [-0.2, 0) is 23.3 Å². The summed E-state index contributed by atoms with van der Waals surface area (Å²) >= 11 is 1.84. The topological polar surface area (TPSA) is 0 Å². The molecule has 0 atom stereocenters. The first kappa shape index (κ1) is 26.1. The molecule has 4 heteroatoms. The minimum Gasteiger partial charge on any atom is -1.00 e. The van der Waals surface area contributed by atoms with Gasteiger partial charge < -0.3 is 24.8 Å². The van der Waals surface area contributed by atoms with E-state index in [0.717, 1.165) is 0 Å². The summed E-state index contributed by atoms with van der Waals surface area (Å²) in [7, 11) is 0. The van der Waals surface area contributed by atoms with Gasteiger partial charge in [-0.05, 0) is 0 Å². The zero-order valence-electron chi connectivity index (χ0n) is 14.5. The van der Waals surface area contributed by atoms with Crippen LogP contribution < -0.4 is 24.8 Å². The van der Waals surface area contributed by atoms with Gasteiger partial charge in [-0.25, -0.2) is 12.1 Å². The first-order valence-electron chi connectivity index (χ1n) is 8.11. The van der Waals surface area contributed by atoms with Crippen LogP contribution in [0.25, 0.3) is 10.8 Å². The minimum atomic E-state index is 0. The molecule has 0 radical (unpaired) electrons. The Bertz CT molecular complexity index is 562. The van der Waals surface area contributed by atoms with Crippen LogP contribution in [0.3, 0.4) is 0 Å². The normalized spacial score (nSPS) is 8.67. The summed E-state index contributed by atoms with van der Waals surface area (Å²) in [5.74, 6) is 0. The second kappa shape index (κ2) is 17.7. The van der Waals surface area contributed by atoms with Crippen molar-refractivity contribution in [3.8, 4) is 0 Å². The molecular formula is C20H26Cl2SiZr-2. The minimum absolute atomic E-state index is 0. The van der Waals surface area contributed by atoms with E-state index in [1.54, 1.807) is 12.1 Å². The molecule has 0 aliphatic rings. The molecule has 3 aromatic rings. The fraction of sp³-hybridized carbons (Fsp3) is 0.300. The van der Waals surface area contributed by atoms with Crippen LogP contribution in [0.15, 0.2) is 72.8 Å². The van der Waals surface area contributed by atoms with Crippen LogP contribution in [0.1, 0.15) is 26.7 Å². The summed E-state index contributed by atoms with van der Waals surface area (Å²) in [4.78, 5) is 0. The van der Waals surface area contributed by atoms with Crippen molar-refractivity contribution in [1.29, 1.82) is 0 Å². The second-order valence-electron chi connectivity index (χ2n) is 5.22. The Hall–Kier alpha value is -0.140. The van der Waals surface area contributed by atoms with Gasteiger partial charge in [-0.2, -0.15) is 35.7 Å². The molecule has 0 saturated carbocycles. The quantitative estimate of drug-likeness (QED) is 0.392. The third-order valence-corrected chi connectivity index (χ3v) is 9.10. The van der Waals surface area contributed by atoms with Gasteiger partial charge in [-0.3, -0.25) is 0 Å². The molecule has 3 aromatic carbocycles. The summed E-state index contributed by atoms with van der Waals surface area (Å²) in [6, 6.07) is 27.8. The molecule has 3 rings (SSSR count). The Kier molecular flexibility index (Phi) is 19.2. The smallest absolute Gasteiger partial charge is 0.0809 e. The summed E-state index contributed by atoms with van der Waals surface area (Å²) in [6.45, 7) is 4.59. The molecule has 0 amide bonds. The van der Waals surface area contributed by atoms with Crippen molar-refractivity contribution < 1.29 is 48.1 Å². The maximum absolute atomic E-state index is 2.30. The summed E-state index contributed by atoms with van der Waals surface area (Å²) < 4.78 is 0. The standard InChI is InChI=1S/C9H7.C6H14Si.C5H5.2ClH.Zr/c1-2-5-9-7-3-6-8(9)4-1;1-3-5-7-6-4-2;1-2-4-5-3-1;;;/h1-7H;3-6H2,1-2H3;1-5H;2*1H;/q-1;;-1;;;+2/p-2. The first-order valence-corrected chi connectivity index (χ1v) is 13.7. The van der Waals surface area contributed by atoms with Crippen LogP contribution >= 0.6 is 0 Å². The molecule has 0 N–H and O–H groups in total. The predicted molar refractivity (Wildman–Crippen MR) is 97.5 cm³/mol. The molecule has 0 unspecified atom stereocenters. The Morgan fingerprint density at radius 1 is 0.833 bits per heavy atom. The number of hydrogen-bond donors (Lipinski definition) is 0. The van der Waals surface area contributed by atoms with Crippen molar-refractivity contribution in [1.82, 2.24) is 0 Å². The van der Waals surface area contributed by atoms with Gasteiger partial charge in [0.15, 0.2) is 0 Å². The molecule has 0 nitrogen and oxygen atoms in total. The van der Waals surface area contributed by atoms with Crippen LogP contribution in [0, 0.1) is 0 Å². The van der Waals surface area contributed by atoms with Crippen molar-refractivity contribution in [3.63, 3.8) is 0 Å². The first-order chi connectivity index (χ1) is 10.8. The Balaban J connectivity index is 0. The van der Waals surface area contributed by atoms with Crippen molar-refractivity contribution in [2.75, 3.05) is 0 Å². The predicted octanol–water partition coefficient (Wildman–Crippen LogP) is 0.317. The van der Waals surface area contributed by atoms with Gasteiger partial charge in [-0.1, -0.05) is 6.07 Å². The SMILES string of the molecule is CCC[Si](=[Zr+2])CCC.[Cl-].[Cl-].c1cc[cH-]c1.c1ccc2[cH-]ccc2c1. The van der Waals surface area contributed by atoms with E-state index in [4.69, 9.17) is 0 Å². The Labute approximate surface area is 175 Å². The number of rotatable bonds is 4. The van der Waals surface area contributed by atoms with Crippen molar-refractivity contribution in [3.05, 3.63) is 72.8 Å². The van der Waals surface area contributed by atoms with Gasteiger partial charge in [0.2, 0.25) is 0 Å². The van der Waals surface area contributed by atoms with Gasteiger partial charge in [-0.15, -0.1) is 29.7 Å². The third kappa shape index (κ3) is 12.3. The van der Waals surface area contributed by atoms with Crippen molar-refractivity contribution in [2.45, 2.75) is 38.8 Å². The molecule has 24 heavy (non-hydrogen) atoms. The molecule has 0 saturated heterocycles. The number of benzene rings is 1. The largest absolute Gasteiger partial charge is 1.00 e. The van der Waals surface area contributed by atoms with Gasteiger partial charge in [0.05, 0.1) is 0 Å². The molecule has 0 aliphatic heterocycles. The van der Waals surface area contributed by atoms with E-state index < -0.39 is 0 Å². The number of halogens is 2. The molecule has 0 heterocycles. The van der Waals surface area contributed by atoms with Gasteiger partial charge >= 0.3 is 67.5 Å². The van der Waals surface area contributed by atoms with E-state index in [2.05, 4.69) is 56.3 Å². The van der Waals surface area contributed by atoms with E-state index in [9.17, 15) is 0 Å². The van der Waals surface area contributed by atoms with E-state index >= 15 is 0 Å². The van der Waals surface area contributed by atoms with Gasteiger partial charge in [0, 0.05) is 0 Å². The maximum Gasteiger partial charge on any atom is -0.0809 e. The summed E-state index contributed by atoms with van der Waals surface area (Å²) in [6.07, 6.45) is 2.83. The molecular weight excluding hydrogens is 430 g/mol. The monoisotopic (exact) mass is 454 g/mol. The molecule has 0 fully saturated rings. The van der Waals surface area contributed by atoms with E-state index in [1.807, 2.05) is 53.7 Å². The second-order valence-corrected chi connectivity index (χ2v) is 12.6. The third-order valence-electron chi connectivity index (χ3n) is 3.21. The fourth-order valence-corrected chi connectivity index (χ4v) is 7.26. The van der Waals surface area contributed by atoms with Crippen LogP contribution in [-0.4, -0.2) is 5.43 Å². The molecule has 0 spiro atoms. The zero-order valence-corrected chi connectivity index (χ0v) is 19.5. The number of fused-ring (bicyclic) bond motifs is 1. The molecule has 0 aromatic heterocycles. The average Bonchev–Trinajstić information content (AvgIpc) is 3.23. The van der Waals surface area contributed by atoms with Crippen LogP contribution in [0.5, 0.6) is 0 Å². The zero-order chi connectivity index (χ0) is 16.0. The van der Waals surface area contributed by atoms with Crippen molar-refractivity contribution >= 4 is 16.2 Å². The van der Waals surface area contributed by atoms with Crippen LogP contribution in [0.2, 0.25) is 12.1 Å². The fourth-order valence-electron chi connectivity index (χ4n) is 2.12. The average molecular weight is 457 g/mol. The summed E-state index contributed by atoms with van der Waals surface area (Å²) in [5.41, 5.74) is 0.199. The van der Waals surface area contributed by atoms with E-state index in [0.29, 0.717) is 0 Å². The van der Waals surface area contributed by atoms with Crippen molar-refractivity contribution in [2.24, 2.45) is 0 Å². The Morgan fingerprint density at radius 3 is 1.88 bits per heavy atom. The maximum atomic E-state index is 2.30. The van der Waals surface area contributed by atoms with E-state index in [-0.39, 0.29) is 30.2 Å². The number of hydrogen-bond acceptors (Lipinski definition) is 0. The summed E-state index contributed by atoms with van der Waals surface area (Å²) in [5, 5.41) is 2.66. The van der Waals surface area contributed by atoms with Gasteiger partial charge in [0.1, 0.15) is 0 Å².